The Bertz CT molecular complexity index is 593. The topological polar surface area (TPSA) is 59.0 Å². The molecule has 2 aliphatic rings. The standard InChI is InChI=1S/C17H25F3N4O/c1-24-10-12(7-23-24)14-8-21-9-15(14)16(25)22-6-11-2-4-13(5-3-11)17(18,19)20/h7,10-11,13-15,21H,2-6,8-9H2,1H3,(H,22,25)/t11?,13?,14-,15+/m1/s1. The quantitative estimate of drug-likeness (QED) is 0.868. The van der Waals surface area contributed by atoms with E-state index in [4.69, 9.17) is 0 Å². The first-order chi connectivity index (χ1) is 11.8. The molecule has 140 valence electrons. The molecule has 1 aliphatic carbocycles. The Morgan fingerprint density at radius 2 is 2.04 bits per heavy atom. The summed E-state index contributed by atoms with van der Waals surface area (Å²) in [7, 11) is 1.85. The SMILES string of the molecule is Cn1cc([C@H]2CNC[C@@H]2C(=O)NCC2CCC(C(F)(F)F)CC2)cn1. The van der Waals surface area contributed by atoms with Crippen LogP contribution >= 0.6 is 0 Å². The molecule has 0 aromatic carbocycles. The number of nitrogens with one attached hydrogen (secondary N) is 2. The van der Waals surface area contributed by atoms with Gasteiger partial charge < -0.3 is 10.6 Å². The summed E-state index contributed by atoms with van der Waals surface area (Å²) < 4.78 is 39.9. The van der Waals surface area contributed by atoms with Crippen LogP contribution in [0, 0.1) is 17.8 Å². The zero-order valence-corrected chi connectivity index (χ0v) is 14.4. The summed E-state index contributed by atoms with van der Waals surface area (Å²) in [5.41, 5.74) is 1.04. The van der Waals surface area contributed by atoms with E-state index in [0.717, 1.165) is 12.1 Å². The average Bonchev–Trinajstić information content (AvgIpc) is 3.20. The predicted molar refractivity (Wildman–Crippen MR) is 86.8 cm³/mol. The first kappa shape index (κ1) is 18.2. The molecular formula is C17H25F3N4O. The molecule has 0 bridgehead atoms. The summed E-state index contributed by atoms with van der Waals surface area (Å²) in [6.07, 6.45) is 1.03. The third-order valence-corrected chi connectivity index (χ3v) is 5.58. The van der Waals surface area contributed by atoms with Gasteiger partial charge in [0.25, 0.3) is 0 Å². The number of hydrogen-bond acceptors (Lipinski definition) is 3. The van der Waals surface area contributed by atoms with E-state index in [0.29, 0.717) is 25.9 Å². The number of rotatable bonds is 4. The van der Waals surface area contributed by atoms with E-state index < -0.39 is 12.1 Å². The van der Waals surface area contributed by atoms with E-state index in [-0.39, 0.29) is 36.5 Å². The van der Waals surface area contributed by atoms with Gasteiger partial charge in [-0.3, -0.25) is 9.48 Å². The van der Waals surface area contributed by atoms with Crippen LogP contribution in [0.4, 0.5) is 13.2 Å². The molecule has 1 saturated carbocycles. The molecule has 5 nitrogen and oxygen atoms in total. The van der Waals surface area contributed by atoms with Crippen LogP contribution in [0.25, 0.3) is 0 Å². The van der Waals surface area contributed by atoms with E-state index in [2.05, 4.69) is 15.7 Å². The minimum absolute atomic E-state index is 0.0169. The Balaban J connectivity index is 1.48. The van der Waals surface area contributed by atoms with Crippen molar-refractivity contribution in [2.45, 2.75) is 37.8 Å². The Labute approximate surface area is 145 Å². The van der Waals surface area contributed by atoms with Crippen molar-refractivity contribution in [1.82, 2.24) is 20.4 Å². The Hall–Kier alpha value is -1.57. The molecule has 1 saturated heterocycles. The summed E-state index contributed by atoms with van der Waals surface area (Å²) >= 11 is 0. The van der Waals surface area contributed by atoms with Gasteiger partial charge in [0.05, 0.1) is 18.0 Å². The zero-order chi connectivity index (χ0) is 18.0. The van der Waals surface area contributed by atoms with Crippen LogP contribution in [0.5, 0.6) is 0 Å². The van der Waals surface area contributed by atoms with Gasteiger partial charge in [-0.2, -0.15) is 18.3 Å². The molecular weight excluding hydrogens is 333 g/mol. The molecule has 2 N–H and O–H groups in total. The van der Waals surface area contributed by atoms with Gasteiger partial charge in [-0.25, -0.2) is 0 Å². The number of carbonyl (C=O) groups excluding carboxylic acids is 1. The highest BCUT2D eigenvalue weighted by Gasteiger charge is 2.41. The maximum absolute atomic E-state index is 12.7. The van der Waals surface area contributed by atoms with Gasteiger partial charge in [-0.05, 0) is 37.2 Å². The summed E-state index contributed by atoms with van der Waals surface area (Å²) in [5.74, 6) is -1.11. The molecule has 2 heterocycles. The summed E-state index contributed by atoms with van der Waals surface area (Å²) in [4.78, 5) is 12.5. The van der Waals surface area contributed by atoms with Gasteiger partial charge in [0.15, 0.2) is 0 Å². The van der Waals surface area contributed by atoms with Gasteiger partial charge in [-0.1, -0.05) is 0 Å². The number of carbonyl (C=O) groups is 1. The van der Waals surface area contributed by atoms with E-state index >= 15 is 0 Å². The lowest BCUT2D eigenvalue weighted by atomic mass is 9.81. The Kier molecular flexibility index (Phi) is 5.36. The number of amides is 1. The average molecular weight is 358 g/mol. The van der Waals surface area contributed by atoms with Crippen molar-refractivity contribution in [3.63, 3.8) is 0 Å². The normalized spacial score (nSPS) is 30.4. The summed E-state index contributed by atoms with van der Waals surface area (Å²) in [6.45, 7) is 1.83. The predicted octanol–water partition coefficient (Wildman–Crippen LogP) is 2.21. The van der Waals surface area contributed by atoms with Gasteiger partial charge in [0, 0.05) is 38.8 Å². The van der Waals surface area contributed by atoms with Crippen LogP contribution in [0.3, 0.4) is 0 Å². The van der Waals surface area contributed by atoms with Crippen LogP contribution in [0.15, 0.2) is 12.4 Å². The van der Waals surface area contributed by atoms with Crippen molar-refractivity contribution in [2.75, 3.05) is 19.6 Å². The molecule has 25 heavy (non-hydrogen) atoms. The molecule has 0 spiro atoms. The fourth-order valence-electron chi connectivity index (χ4n) is 4.01. The molecule has 2 atom stereocenters. The lowest BCUT2D eigenvalue weighted by Gasteiger charge is -2.30. The third kappa shape index (κ3) is 4.34. The van der Waals surface area contributed by atoms with E-state index in [1.807, 2.05) is 13.2 Å². The second-order valence-corrected chi connectivity index (χ2v) is 7.32. The number of aryl methyl sites for hydroxylation is 1. The number of hydrogen-bond donors (Lipinski definition) is 2. The van der Waals surface area contributed by atoms with Gasteiger partial charge >= 0.3 is 6.18 Å². The third-order valence-electron chi connectivity index (χ3n) is 5.58. The molecule has 0 unspecified atom stereocenters. The van der Waals surface area contributed by atoms with Crippen LogP contribution in [0.1, 0.15) is 37.2 Å². The Morgan fingerprint density at radius 1 is 1.32 bits per heavy atom. The minimum atomic E-state index is -4.08. The smallest absolute Gasteiger partial charge is 0.356 e. The number of halogens is 3. The van der Waals surface area contributed by atoms with Crippen LogP contribution in [-0.2, 0) is 11.8 Å². The van der Waals surface area contributed by atoms with Gasteiger partial charge in [0.1, 0.15) is 0 Å². The molecule has 3 rings (SSSR count). The van der Waals surface area contributed by atoms with Gasteiger partial charge in [-0.15, -0.1) is 0 Å². The van der Waals surface area contributed by atoms with E-state index in [1.165, 1.54) is 0 Å². The lowest BCUT2D eigenvalue weighted by Crippen LogP contribution is -2.38. The van der Waals surface area contributed by atoms with Crippen LogP contribution in [-0.4, -0.2) is 41.5 Å². The molecule has 2 fully saturated rings. The fraction of sp³-hybridized carbons (Fsp3) is 0.765. The van der Waals surface area contributed by atoms with Crippen molar-refractivity contribution in [3.05, 3.63) is 18.0 Å². The number of alkyl halides is 3. The summed E-state index contributed by atoms with van der Waals surface area (Å²) in [5, 5.41) is 10.4. The van der Waals surface area contributed by atoms with E-state index in [1.54, 1.807) is 10.9 Å². The molecule has 1 aromatic rings. The fourth-order valence-corrected chi connectivity index (χ4v) is 4.01. The highest BCUT2D eigenvalue weighted by molar-refractivity contribution is 5.80. The first-order valence-corrected chi connectivity index (χ1v) is 8.88. The van der Waals surface area contributed by atoms with Crippen molar-refractivity contribution in [2.24, 2.45) is 24.8 Å². The highest BCUT2D eigenvalue weighted by atomic mass is 19.4. The highest BCUT2D eigenvalue weighted by Crippen LogP contribution is 2.39. The minimum Gasteiger partial charge on any atom is -0.356 e. The number of aromatic nitrogens is 2. The lowest BCUT2D eigenvalue weighted by molar-refractivity contribution is -0.183. The van der Waals surface area contributed by atoms with Crippen molar-refractivity contribution < 1.29 is 18.0 Å². The second kappa shape index (κ2) is 7.35. The summed E-state index contributed by atoms with van der Waals surface area (Å²) in [6, 6.07) is 0. The van der Waals surface area contributed by atoms with Crippen molar-refractivity contribution in [3.8, 4) is 0 Å². The zero-order valence-electron chi connectivity index (χ0n) is 14.4. The first-order valence-electron chi connectivity index (χ1n) is 8.88. The maximum Gasteiger partial charge on any atom is 0.391 e. The largest absolute Gasteiger partial charge is 0.391 e. The monoisotopic (exact) mass is 358 g/mol. The second-order valence-electron chi connectivity index (χ2n) is 7.32. The maximum atomic E-state index is 12.7. The van der Waals surface area contributed by atoms with Gasteiger partial charge in [0.2, 0.25) is 5.91 Å². The molecule has 1 amide bonds. The van der Waals surface area contributed by atoms with E-state index in [9.17, 15) is 18.0 Å². The molecule has 8 heteroatoms. The van der Waals surface area contributed by atoms with Crippen molar-refractivity contribution in [1.29, 1.82) is 0 Å². The van der Waals surface area contributed by atoms with Crippen LogP contribution < -0.4 is 10.6 Å². The number of nitrogens with zero attached hydrogens (tertiary/aromatic N) is 2. The molecule has 0 radical (unpaired) electrons. The van der Waals surface area contributed by atoms with Crippen molar-refractivity contribution >= 4 is 5.91 Å². The molecule has 1 aliphatic heterocycles. The molecule has 1 aromatic heterocycles. The Morgan fingerprint density at radius 3 is 2.64 bits per heavy atom. The van der Waals surface area contributed by atoms with Crippen LogP contribution in [0.2, 0.25) is 0 Å².